The maximum atomic E-state index is 5.88. The van der Waals surface area contributed by atoms with Crippen LogP contribution in [0.3, 0.4) is 0 Å². The second kappa shape index (κ2) is 6.85. The number of hydrogen-bond acceptors (Lipinski definition) is 4. The highest BCUT2D eigenvalue weighted by atomic mass is 35.5. The van der Waals surface area contributed by atoms with Crippen LogP contribution >= 0.6 is 11.6 Å². The lowest BCUT2D eigenvalue weighted by Crippen LogP contribution is -2.32. The van der Waals surface area contributed by atoms with Gasteiger partial charge in [-0.25, -0.2) is 4.98 Å². The fourth-order valence-corrected chi connectivity index (χ4v) is 1.48. The number of aromatic nitrogens is 2. The summed E-state index contributed by atoms with van der Waals surface area (Å²) in [6.07, 6.45) is 1.70. The minimum absolute atomic E-state index is 0.0562. The van der Waals surface area contributed by atoms with Gasteiger partial charge in [-0.05, 0) is 0 Å². The highest BCUT2D eigenvalue weighted by Gasteiger charge is 2.08. The van der Waals surface area contributed by atoms with Gasteiger partial charge in [0.1, 0.15) is 11.0 Å². The zero-order valence-electron chi connectivity index (χ0n) is 9.86. The van der Waals surface area contributed by atoms with Crippen LogP contribution in [0.5, 0.6) is 0 Å². The first-order chi connectivity index (χ1) is 7.69. The number of nitrogens with one attached hydrogen (secondary N) is 1. The molecule has 16 heavy (non-hydrogen) atoms. The van der Waals surface area contributed by atoms with Gasteiger partial charge in [0.25, 0.3) is 0 Å². The Hall–Kier alpha value is -0.620. The topological polar surface area (TPSA) is 48.3 Å². The van der Waals surface area contributed by atoms with Crippen LogP contribution in [-0.4, -0.2) is 43.0 Å². The van der Waals surface area contributed by atoms with E-state index in [-0.39, 0.29) is 6.10 Å². The van der Waals surface area contributed by atoms with Gasteiger partial charge in [-0.3, -0.25) is 0 Å². The average Bonchev–Trinajstić information content (AvgIpc) is 2.59. The Bertz CT molecular complexity index is 317. The molecular weight excluding hydrogens is 230 g/mol. The molecule has 0 bridgehead atoms. The summed E-state index contributed by atoms with van der Waals surface area (Å²) in [5.74, 6) is 0.900. The molecule has 1 atom stereocenters. The lowest BCUT2D eigenvalue weighted by atomic mass is 10.3. The number of hydrogen-bond donors (Lipinski definition) is 1. The van der Waals surface area contributed by atoms with E-state index in [1.807, 2.05) is 11.6 Å². The van der Waals surface area contributed by atoms with Crippen molar-refractivity contribution in [2.24, 2.45) is 7.05 Å². The van der Waals surface area contributed by atoms with Gasteiger partial charge in [0, 0.05) is 27.8 Å². The van der Waals surface area contributed by atoms with Crippen molar-refractivity contribution in [3.63, 3.8) is 0 Å². The lowest BCUT2D eigenvalue weighted by molar-refractivity contribution is 0.0286. The zero-order chi connectivity index (χ0) is 12.0. The van der Waals surface area contributed by atoms with Crippen molar-refractivity contribution >= 4 is 11.6 Å². The highest BCUT2D eigenvalue weighted by Crippen LogP contribution is 2.08. The third-order valence-corrected chi connectivity index (χ3v) is 2.72. The molecule has 0 amide bonds. The number of imidazole rings is 1. The molecule has 1 heterocycles. The van der Waals surface area contributed by atoms with Crippen LogP contribution in [0.2, 0.25) is 5.15 Å². The van der Waals surface area contributed by atoms with E-state index in [0.717, 1.165) is 12.4 Å². The minimum Gasteiger partial charge on any atom is -0.382 e. The highest BCUT2D eigenvalue weighted by molar-refractivity contribution is 6.29. The monoisotopic (exact) mass is 247 g/mol. The smallest absolute Gasteiger partial charge is 0.128 e. The summed E-state index contributed by atoms with van der Waals surface area (Å²) in [6, 6.07) is 0. The van der Waals surface area contributed by atoms with Crippen LogP contribution in [0.25, 0.3) is 0 Å². The van der Waals surface area contributed by atoms with E-state index >= 15 is 0 Å². The third kappa shape index (κ3) is 3.75. The van der Waals surface area contributed by atoms with E-state index in [9.17, 15) is 0 Å². The predicted octanol–water partition coefficient (Wildman–Crippen LogP) is 0.824. The molecule has 0 spiro atoms. The second-order valence-corrected chi connectivity index (χ2v) is 3.89. The molecule has 1 unspecified atom stereocenters. The Morgan fingerprint density at radius 1 is 1.56 bits per heavy atom. The molecule has 0 saturated carbocycles. The van der Waals surface area contributed by atoms with Crippen molar-refractivity contribution in [1.29, 1.82) is 0 Å². The molecule has 0 aliphatic carbocycles. The van der Waals surface area contributed by atoms with Crippen LogP contribution in [0.15, 0.2) is 6.20 Å². The molecule has 1 aromatic heterocycles. The minimum atomic E-state index is 0.0562. The summed E-state index contributed by atoms with van der Waals surface area (Å²) in [5.41, 5.74) is 0. The first-order valence-corrected chi connectivity index (χ1v) is 5.45. The number of nitrogens with zero attached hydrogens (tertiary/aromatic N) is 2. The van der Waals surface area contributed by atoms with E-state index in [0.29, 0.717) is 18.3 Å². The molecule has 1 N–H and O–H groups in total. The molecule has 6 heteroatoms. The van der Waals surface area contributed by atoms with Crippen LogP contribution in [0.4, 0.5) is 0 Å². The first kappa shape index (κ1) is 13.4. The molecule has 0 fully saturated rings. The van der Waals surface area contributed by atoms with Crippen molar-refractivity contribution in [1.82, 2.24) is 14.9 Å². The van der Waals surface area contributed by atoms with Crippen LogP contribution < -0.4 is 5.32 Å². The zero-order valence-corrected chi connectivity index (χ0v) is 10.6. The Kier molecular flexibility index (Phi) is 5.76. The van der Waals surface area contributed by atoms with E-state index in [2.05, 4.69) is 10.3 Å². The van der Waals surface area contributed by atoms with Gasteiger partial charge in [0.15, 0.2) is 0 Å². The summed E-state index contributed by atoms with van der Waals surface area (Å²) in [4.78, 5) is 4.18. The largest absolute Gasteiger partial charge is 0.382 e. The first-order valence-electron chi connectivity index (χ1n) is 5.07. The van der Waals surface area contributed by atoms with Crippen molar-refractivity contribution in [2.75, 3.05) is 27.4 Å². The standard InChI is InChI=1S/C10H18ClN3O2/c1-14-9(11)5-13-10(14)6-12-4-8(16-3)7-15-2/h5,8,12H,4,6-7H2,1-3H3. The van der Waals surface area contributed by atoms with Crippen LogP contribution in [0.1, 0.15) is 5.82 Å². The summed E-state index contributed by atoms with van der Waals surface area (Å²) in [6.45, 7) is 1.95. The molecule has 92 valence electrons. The summed E-state index contributed by atoms with van der Waals surface area (Å²) in [5, 5.41) is 3.88. The van der Waals surface area contributed by atoms with Crippen molar-refractivity contribution in [3.05, 3.63) is 17.2 Å². The predicted molar refractivity (Wildman–Crippen MR) is 62.6 cm³/mol. The van der Waals surface area contributed by atoms with Crippen LogP contribution in [-0.2, 0) is 23.1 Å². The number of halogens is 1. The molecule has 0 saturated heterocycles. The lowest BCUT2D eigenvalue weighted by Gasteiger charge is -2.14. The number of rotatable bonds is 7. The normalized spacial score (nSPS) is 13.0. The number of methoxy groups -OCH3 is 2. The van der Waals surface area contributed by atoms with E-state index in [4.69, 9.17) is 21.1 Å². The van der Waals surface area contributed by atoms with Gasteiger partial charge in [-0.15, -0.1) is 0 Å². The van der Waals surface area contributed by atoms with Gasteiger partial charge in [0.2, 0.25) is 0 Å². The Morgan fingerprint density at radius 3 is 2.81 bits per heavy atom. The molecule has 0 aliphatic heterocycles. The van der Waals surface area contributed by atoms with Crippen molar-refractivity contribution in [3.8, 4) is 0 Å². The van der Waals surface area contributed by atoms with Gasteiger partial charge in [0.05, 0.1) is 25.5 Å². The van der Waals surface area contributed by atoms with Gasteiger partial charge in [-0.2, -0.15) is 0 Å². The molecule has 0 radical (unpaired) electrons. The summed E-state index contributed by atoms with van der Waals surface area (Å²) in [7, 11) is 5.21. The molecule has 0 aromatic carbocycles. The van der Waals surface area contributed by atoms with Crippen molar-refractivity contribution in [2.45, 2.75) is 12.6 Å². The molecule has 0 aliphatic rings. The number of ether oxygens (including phenoxy) is 2. The quantitative estimate of drug-likeness (QED) is 0.775. The van der Waals surface area contributed by atoms with Gasteiger partial charge < -0.3 is 19.4 Å². The Labute approximate surface area is 101 Å². The van der Waals surface area contributed by atoms with Crippen LogP contribution in [0, 0.1) is 0 Å². The van der Waals surface area contributed by atoms with Gasteiger partial charge >= 0.3 is 0 Å². The molecular formula is C10H18ClN3O2. The fourth-order valence-electron chi connectivity index (χ4n) is 1.33. The fraction of sp³-hybridized carbons (Fsp3) is 0.700. The van der Waals surface area contributed by atoms with Crippen molar-refractivity contribution < 1.29 is 9.47 Å². The van der Waals surface area contributed by atoms with E-state index in [1.165, 1.54) is 0 Å². The molecule has 1 aromatic rings. The maximum absolute atomic E-state index is 5.88. The average molecular weight is 248 g/mol. The summed E-state index contributed by atoms with van der Waals surface area (Å²) >= 11 is 5.88. The van der Waals surface area contributed by atoms with Gasteiger partial charge in [-0.1, -0.05) is 11.6 Å². The molecule has 1 rings (SSSR count). The summed E-state index contributed by atoms with van der Waals surface area (Å²) < 4.78 is 12.1. The van der Waals surface area contributed by atoms with E-state index < -0.39 is 0 Å². The Balaban J connectivity index is 2.32. The SMILES string of the molecule is COCC(CNCc1ncc(Cl)n1C)OC. The maximum Gasteiger partial charge on any atom is 0.128 e. The second-order valence-electron chi connectivity index (χ2n) is 3.50. The van der Waals surface area contributed by atoms with E-state index in [1.54, 1.807) is 20.4 Å². The third-order valence-electron chi connectivity index (χ3n) is 2.37. The molecule has 5 nitrogen and oxygen atoms in total. The Morgan fingerprint density at radius 2 is 2.31 bits per heavy atom.